The lowest BCUT2D eigenvalue weighted by atomic mass is 9.77. The van der Waals surface area contributed by atoms with E-state index in [4.69, 9.17) is 20.9 Å². The Labute approximate surface area is 131 Å². The maximum atomic E-state index is 9.25. The van der Waals surface area contributed by atoms with E-state index in [1.165, 1.54) is 0 Å². The molecule has 5 heteroatoms. The van der Waals surface area contributed by atoms with Crippen LogP contribution in [0.15, 0.2) is 12.1 Å². The van der Waals surface area contributed by atoms with Gasteiger partial charge in [0.25, 0.3) is 0 Å². The summed E-state index contributed by atoms with van der Waals surface area (Å²) in [6.07, 6.45) is 2.27. The molecule has 2 aliphatic rings. The average molecular weight is 304 g/mol. The normalized spacial score (nSPS) is 23.1. The lowest BCUT2D eigenvalue weighted by Crippen LogP contribution is -2.41. The predicted molar refractivity (Wildman–Crippen MR) is 83.9 cm³/mol. The van der Waals surface area contributed by atoms with E-state index < -0.39 is 18.3 Å². The van der Waals surface area contributed by atoms with Crippen molar-refractivity contribution in [3.8, 4) is 6.07 Å². The summed E-state index contributed by atoms with van der Waals surface area (Å²) >= 11 is 6.57. The summed E-state index contributed by atoms with van der Waals surface area (Å²) in [5, 5.41) is 9.94. The first kappa shape index (κ1) is 14.9. The number of nitriles is 1. The third-order valence-corrected chi connectivity index (χ3v) is 5.22. The lowest BCUT2D eigenvalue weighted by Gasteiger charge is -2.32. The topological polar surface area (TPSA) is 42.2 Å². The van der Waals surface area contributed by atoms with Crippen molar-refractivity contribution in [1.82, 2.24) is 0 Å². The van der Waals surface area contributed by atoms with Gasteiger partial charge >= 0.3 is 7.12 Å². The average Bonchev–Trinajstić information content (AvgIpc) is 3.18. The zero-order chi connectivity index (χ0) is 15.4. The second-order valence-corrected chi connectivity index (χ2v) is 7.32. The van der Waals surface area contributed by atoms with Gasteiger partial charge < -0.3 is 9.31 Å². The van der Waals surface area contributed by atoms with Crippen LogP contribution in [0.1, 0.15) is 57.6 Å². The molecule has 1 heterocycles. The van der Waals surface area contributed by atoms with Crippen LogP contribution in [0.5, 0.6) is 0 Å². The Morgan fingerprint density at radius 2 is 1.76 bits per heavy atom. The second kappa shape index (κ2) is 4.74. The quantitative estimate of drug-likeness (QED) is 0.787. The monoisotopic (exact) mass is 303 g/mol. The van der Waals surface area contributed by atoms with Crippen LogP contribution in [0.25, 0.3) is 0 Å². The molecule has 1 aromatic carbocycles. The minimum absolute atomic E-state index is 0.413. The van der Waals surface area contributed by atoms with Crippen molar-refractivity contribution in [2.24, 2.45) is 0 Å². The van der Waals surface area contributed by atoms with Crippen molar-refractivity contribution >= 4 is 24.2 Å². The van der Waals surface area contributed by atoms with Gasteiger partial charge in [0.15, 0.2) is 0 Å². The van der Waals surface area contributed by atoms with Crippen LogP contribution in [0.3, 0.4) is 0 Å². The van der Waals surface area contributed by atoms with E-state index in [1.54, 1.807) is 6.07 Å². The van der Waals surface area contributed by atoms with Gasteiger partial charge in [0, 0.05) is 10.5 Å². The van der Waals surface area contributed by atoms with E-state index in [2.05, 4.69) is 6.07 Å². The van der Waals surface area contributed by atoms with Crippen molar-refractivity contribution < 1.29 is 9.31 Å². The highest BCUT2D eigenvalue weighted by Gasteiger charge is 2.52. The van der Waals surface area contributed by atoms with Crippen LogP contribution >= 0.6 is 11.6 Å². The first-order valence-electron chi connectivity index (χ1n) is 7.34. The molecule has 1 saturated heterocycles. The van der Waals surface area contributed by atoms with Gasteiger partial charge in [-0.25, -0.2) is 0 Å². The molecular formula is C16H19BClNO2. The Morgan fingerprint density at radius 1 is 1.19 bits per heavy atom. The fourth-order valence-corrected chi connectivity index (χ4v) is 2.92. The number of hydrogen-bond acceptors (Lipinski definition) is 3. The molecule has 0 atom stereocenters. The minimum Gasteiger partial charge on any atom is -0.399 e. The van der Waals surface area contributed by atoms with Gasteiger partial charge in [0.2, 0.25) is 0 Å². The first-order valence-corrected chi connectivity index (χ1v) is 7.72. The number of nitrogens with zero attached hydrogens (tertiary/aromatic N) is 1. The molecule has 0 N–H and O–H groups in total. The van der Waals surface area contributed by atoms with Crippen LogP contribution < -0.4 is 5.46 Å². The second-order valence-electron chi connectivity index (χ2n) is 6.94. The summed E-state index contributed by atoms with van der Waals surface area (Å²) in [6.45, 7) is 8.04. The van der Waals surface area contributed by atoms with E-state index in [9.17, 15) is 5.26 Å². The van der Waals surface area contributed by atoms with Crippen LogP contribution in [-0.2, 0) is 9.31 Å². The van der Waals surface area contributed by atoms with Crippen LogP contribution in [0.2, 0.25) is 5.02 Å². The molecule has 1 aromatic rings. The Hall–Kier alpha value is -1.02. The molecule has 0 radical (unpaired) electrons. The smallest absolute Gasteiger partial charge is 0.399 e. The van der Waals surface area contributed by atoms with E-state index in [0.29, 0.717) is 16.5 Å². The van der Waals surface area contributed by atoms with Crippen molar-refractivity contribution in [2.75, 3.05) is 0 Å². The summed E-state index contributed by atoms with van der Waals surface area (Å²) in [7, 11) is -0.520. The Kier molecular flexibility index (Phi) is 3.37. The van der Waals surface area contributed by atoms with Crippen molar-refractivity contribution in [3.05, 3.63) is 28.3 Å². The maximum absolute atomic E-state index is 9.25. The Balaban J connectivity index is 2.03. The van der Waals surface area contributed by atoms with Crippen molar-refractivity contribution in [2.45, 2.75) is 57.7 Å². The molecule has 0 bridgehead atoms. The van der Waals surface area contributed by atoms with Gasteiger partial charge in [-0.3, -0.25) is 0 Å². The third-order valence-electron chi connectivity index (χ3n) is 4.78. The first-order chi connectivity index (χ1) is 9.75. The summed E-state index contributed by atoms with van der Waals surface area (Å²) in [6, 6.07) is 5.90. The molecule has 1 saturated carbocycles. The van der Waals surface area contributed by atoms with Gasteiger partial charge in [0.1, 0.15) is 0 Å². The number of rotatable bonds is 2. The fourth-order valence-electron chi connectivity index (χ4n) is 2.57. The van der Waals surface area contributed by atoms with Gasteiger partial charge in [0.05, 0.1) is 22.8 Å². The molecule has 2 fully saturated rings. The van der Waals surface area contributed by atoms with Gasteiger partial charge in [-0.2, -0.15) is 5.26 Å². The third kappa shape index (κ3) is 2.48. The van der Waals surface area contributed by atoms with Crippen LogP contribution in [0.4, 0.5) is 0 Å². The molecule has 0 amide bonds. The number of halogens is 1. The van der Waals surface area contributed by atoms with E-state index in [0.717, 1.165) is 23.9 Å². The summed E-state index contributed by atoms with van der Waals surface area (Å²) in [5.74, 6) is 0.479. The largest absolute Gasteiger partial charge is 0.496 e. The van der Waals surface area contributed by atoms with Crippen LogP contribution in [0, 0.1) is 11.3 Å². The highest BCUT2D eigenvalue weighted by molar-refractivity contribution is 6.65. The van der Waals surface area contributed by atoms with Crippen LogP contribution in [-0.4, -0.2) is 18.3 Å². The molecule has 0 unspecified atom stereocenters. The molecule has 0 aromatic heterocycles. The molecular weight excluding hydrogens is 284 g/mol. The minimum atomic E-state index is -0.520. The SMILES string of the molecule is CC1(C)OB(c2cc(C#N)cc(C3CC3)c2Cl)OC1(C)C. The number of benzene rings is 1. The molecule has 3 rings (SSSR count). The molecule has 1 aliphatic carbocycles. The highest BCUT2D eigenvalue weighted by Crippen LogP contribution is 2.44. The zero-order valence-electron chi connectivity index (χ0n) is 12.9. The standard InChI is InChI=1S/C16H19BClNO2/c1-15(2)16(3,4)21-17(20-15)13-8-10(9-19)7-12(14(13)18)11-5-6-11/h7-8,11H,5-6H2,1-4H3. The highest BCUT2D eigenvalue weighted by atomic mass is 35.5. The summed E-state index contributed by atoms with van der Waals surface area (Å²) < 4.78 is 12.1. The lowest BCUT2D eigenvalue weighted by molar-refractivity contribution is 0.00578. The summed E-state index contributed by atoms with van der Waals surface area (Å²) in [5.41, 5.74) is 1.62. The molecule has 1 aliphatic heterocycles. The molecule has 3 nitrogen and oxygen atoms in total. The van der Waals surface area contributed by atoms with Crippen molar-refractivity contribution in [3.63, 3.8) is 0 Å². The Morgan fingerprint density at radius 3 is 2.24 bits per heavy atom. The fraction of sp³-hybridized carbons (Fsp3) is 0.562. The van der Waals surface area contributed by atoms with Gasteiger partial charge in [-0.15, -0.1) is 0 Å². The molecule has 110 valence electrons. The Bertz CT molecular complexity index is 616. The maximum Gasteiger partial charge on any atom is 0.496 e. The summed E-state index contributed by atoms with van der Waals surface area (Å²) in [4.78, 5) is 0. The molecule has 0 spiro atoms. The van der Waals surface area contributed by atoms with E-state index >= 15 is 0 Å². The van der Waals surface area contributed by atoms with Gasteiger partial charge in [-0.05, 0) is 64.2 Å². The van der Waals surface area contributed by atoms with E-state index in [1.807, 2.05) is 33.8 Å². The number of hydrogen-bond donors (Lipinski definition) is 0. The van der Waals surface area contributed by atoms with Crippen molar-refractivity contribution in [1.29, 1.82) is 5.26 Å². The zero-order valence-corrected chi connectivity index (χ0v) is 13.6. The van der Waals surface area contributed by atoms with Gasteiger partial charge in [-0.1, -0.05) is 11.6 Å². The molecule has 21 heavy (non-hydrogen) atoms. The predicted octanol–water partition coefficient (Wildman–Crippen LogP) is 3.39. The van der Waals surface area contributed by atoms with E-state index in [-0.39, 0.29) is 0 Å².